The van der Waals surface area contributed by atoms with Gasteiger partial charge >= 0.3 is 0 Å². The maximum absolute atomic E-state index is 11.9. The van der Waals surface area contributed by atoms with Gasteiger partial charge in [0.15, 0.2) is 0 Å². The Bertz CT molecular complexity index is 536. The molecule has 2 rings (SSSR count). The number of imidazole rings is 1. The fourth-order valence-corrected chi connectivity index (χ4v) is 1.85. The Hall–Kier alpha value is -2.14. The van der Waals surface area contributed by atoms with E-state index in [0.717, 1.165) is 16.8 Å². The van der Waals surface area contributed by atoms with E-state index in [1.807, 2.05) is 31.2 Å². The highest BCUT2D eigenvalue weighted by molar-refractivity contribution is 5.81. The van der Waals surface area contributed by atoms with E-state index in [0.29, 0.717) is 13.0 Å². The van der Waals surface area contributed by atoms with Crippen LogP contribution in [0.3, 0.4) is 0 Å². The van der Waals surface area contributed by atoms with E-state index in [-0.39, 0.29) is 5.91 Å². The van der Waals surface area contributed by atoms with Crippen LogP contribution in [0, 0.1) is 6.92 Å². The summed E-state index contributed by atoms with van der Waals surface area (Å²) in [6.45, 7) is 2.52. The first-order chi connectivity index (χ1) is 9.16. The van der Waals surface area contributed by atoms with Crippen LogP contribution in [-0.2, 0) is 17.8 Å². The molecule has 4 N–H and O–H groups in total. The minimum atomic E-state index is -0.565. The maximum Gasteiger partial charge on any atom is 0.237 e. The van der Waals surface area contributed by atoms with Crippen LogP contribution in [0.15, 0.2) is 36.8 Å². The van der Waals surface area contributed by atoms with Gasteiger partial charge in [0.2, 0.25) is 5.91 Å². The van der Waals surface area contributed by atoms with Gasteiger partial charge in [0.05, 0.1) is 12.4 Å². The van der Waals surface area contributed by atoms with Crippen LogP contribution in [0.1, 0.15) is 16.8 Å². The molecule has 0 spiro atoms. The van der Waals surface area contributed by atoms with Gasteiger partial charge in [-0.05, 0) is 18.1 Å². The number of carbonyl (C=O) groups is 1. The van der Waals surface area contributed by atoms with E-state index in [1.54, 1.807) is 12.5 Å². The number of nitrogens with zero attached hydrogens (tertiary/aromatic N) is 1. The molecule has 0 bridgehead atoms. The summed E-state index contributed by atoms with van der Waals surface area (Å²) in [5.41, 5.74) is 8.97. The standard InChI is InChI=1S/C14H18N4O/c1-10-4-2-3-5-11(10)7-17-14(19)13(15)6-12-8-16-9-18-12/h2-5,8-9,13H,6-7,15H2,1H3,(H,16,18)(H,17,19)/t13-/m1/s1. The lowest BCUT2D eigenvalue weighted by molar-refractivity contribution is -0.122. The topological polar surface area (TPSA) is 83.8 Å². The molecule has 0 aliphatic heterocycles. The minimum Gasteiger partial charge on any atom is -0.351 e. The normalized spacial score (nSPS) is 12.1. The highest BCUT2D eigenvalue weighted by Gasteiger charge is 2.14. The first kappa shape index (κ1) is 13.3. The van der Waals surface area contributed by atoms with Gasteiger partial charge in [0.1, 0.15) is 0 Å². The number of hydrogen-bond donors (Lipinski definition) is 3. The monoisotopic (exact) mass is 258 g/mol. The Kier molecular flexibility index (Phi) is 4.30. The Morgan fingerprint density at radius 1 is 1.47 bits per heavy atom. The van der Waals surface area contributed by atoms with Crippen LogP contribution >= 0.6 is 0 Å². The SMILES string of the molecule is Cc1ccccc1CNC(=O)[C@H](N)Cc1cnc[nH]1. The summed E-state index contributed by atoms with van der Waals surface area (Å²) in [7, 11) is 0. The maximum atomic E-state index is 11.9. The van der Waals surface area contributed by atoms with Gasteiger partial charge in [-0.2, -0.15) is 0 Å². The summed E-state index contributed by atoms with van der Waals surface area (Å²) >= 11 is 0. The first-order valence-corrected chi connectivity index (χ1v) is 6.22. The highest BCUT2D eigenvalue weighted by Crippen LogP contribution is 2.06. The van der Waals surface area contributed by atoms with Crippen molar-refractivity contribution in [3.8, 4) is 0 Å². The molecular formula is C14H18N4O. The summed E-state index contributed by atoms with van der Waals surface area (Å²) in [5.74, 6) is -0.155. The van der Waals surface area contributed by atoms with E-state index in [2.05, 4.69) is 15.3 Å². The molecule has 1 amide bonds. The molecule has 1 heterocycles. The average molecular weight is 258 g/mol. The van der Waals surface area contributed by atoms with Crippen molar-refractivity contribution in [1.82, 2.24) is 15.3 Å². The molecule has 0 aliphatic carbocycles. The van der Waals surface area contributed by atoms with Gasteiger partial charge < -0.3 is 16.0 Å². The van der Waals surface area contributed by atoms with Gasteiger partial charge in [-0.15, -0.1) is 0 Å². The lowest BCUT2D eigenvalue weighted by Gasteiger charge is -2.12. The Morgan fingerprint density at radius 3 is 2.95 bits per heavy atom. The molecule has 0 radical (unpaired) electrons. The van der Waals surface area contributed by atoms with E-state index in [4.69, 9.17) is 5.73 Å². The summed E-state index contributed by atoms with van der Waals surface area (Å²) in [4.78, 5) is 18.7. The molecule has 0 unspecified atom stereocenters. The molecule has 2 aromatic rings. The molecule has 0 aliphatic rings. The summed E-state index contributed by atoms with van der Waals surface area (Å²) in [6, 6.07) is 7.38. The zero-order valence-electron chi connectivity index (χ0n) is 10.9. The second kappa shape index (κ2) is 6.15. The van der Waals surface area contributed by atoms with Crippen molar-refractivity contribution in [2.75, 3.05) is 0 Å². The van der Waals surface area contributed by atoms with Crippen molar-refractivity contribution >= 4 is 5.91 Å². The number of nitrogens with two attached hydrogens (primary N) is 1. The molecule has 1 atom stereocenters. The Morgan fingerprint density at radius 2 is 2.26 bits per heavy atom. The lowest BCUT2D eigenvalue weighted by atomic mass is 10.1. The van der Waals surface area contributed by atoms with Crippen molar-refractivity contribution in [2.24, 2.45) is 5.73 Å². The summed E-state index contributed by atoms with van der Waals surface area (Å²) in [6.07, 6.45) is 3.71. The quantitative estimate of drug-likeness (QED) is 0.745. The fraction of sp³-hybridized carbons (Fsp3) is 0.286. The van der Waals surface area contributed by atoms with Gasteiger partial charge in [-0.1, -0.05) is 24.3 Å². The van der Waals surface area contributed by atoms with Gasteiger partial charge in [-0.25, -0.2) is 4.98 Å². The lowest BCUT2D eigenvalue weighted by Crippen LogP contribution is -2.41. The largest absolute Gasteiger partial charge is 0.351 e. The van der Waals surface area contributed by atoms with Gasteiger partial charge in [0.25, 0.3) is 0 Å². The first-order valence-electron chi connectivity index (χ1n) is 6.22. The molecule has 1 aromatic heterocycles. The fourth-order valence-electron chi connectivity index (χ4n) is 1.85. The smallest absolute Gasteiger partial charge is 0.237 e. The van der Waals surface area contributed by atoms with E-state index in [1.165, 1.54) is 0 Å². The number of nitrogens with one attached hydrogen (secondary N) is 2. The van der Waals surface area contributed by atoms with Crippen LogP contribution in [0.4, 0.5) is 0 Å². The number of aromatic amines is 1. The zero-order chi connectivity index (χ0) is 13.7. The third-order valence-corrected chi connectivity index (χ3v) is 3.05. The van der Waals surface area contributed by atoms with Crippen molar-refractivity contribution < 1.29 is 4.79 Å². The van der Waals surface area contributed by atoms with Crippen molar-refractivity contribution in [3.05, 3.63) is 53.6 Å². The number of carbonyl (C=O) groups excluding carboxylic acids is 1. The van der Waals surface area contributed by atoms with Crippen LogP contribution in [0.2, 0.25) is 0 Å². The third-order valence-electron chi connectivity index (χ3n) is 3.05. The molecular weight excluding hydrogens is 240 g/mol. The molecule has 0 saturated heterocycles. The van der Waals surface area contributed by atoms with Crippen molar-refractivity contribution in [1.29, 1.82) is 0 Å². The van der Waals surface area contributed by atoms with Crippen LogP contribution in [0.25, 0.3) is 0 Å². The number of aryl methyl sites for hydroxylation is 1. The zero-order valence-corrected chi connectivity index (χ0v) is 10.9. The van der Waals surface area contributed by atoms with Crippen molar-refractivity contribution in [3.63, 3.8) is 0 Å². The number of amides is 1. The molecule has 0 fully saturated rings. The minimum absolute atomic E-state index is 0.155. The van der Waals surface area contributed by atoms with Crippen LogP contribution < -0.4 is 11.1 Å². The number of H-pyrrole nitrogens is 1. The number of aromatic nitrogens is 2. The predicted octanol–water partition coefficient (Wildman–Crippen LogP) is 0.904. The second-order valence-electron chi connectivity index (χ2n) is 4.53. The predicted molar refractivity (Wildman–Crippen MR) is 73.3 cm³/mol. The van der Waals surface area contributed by atoms with Gasteiger partial charge in [-0.3, -0.25) is 4.79 Å². The van der Waals surface area contributed by atoms with Crippen molar-refractivity contribution in [2.45, 2.75) is 25.9 Å². The van der Waals surface area contributed by atoms with E-state index >= 15 is 0 Å². The summed E-state index contributed by atoms with van der Waals surface area (Å²) < 4.78 is 0. The Labute approximate surface area is 112 Å². The van der Waals surface area contributed by atoms with E-state index < -0.39 is 6.04 Å². The van der Waals surface area contributed by atoms with Crippen LogP contribution in [-0.4, -0.2) is 21.9 Å². The molecule has 5 heteroatoms. The van der Waals surface area contributed by atoms with E-state index in [9.17, 15) is 4.79 Å². The average Bonchev–Trinajstić information content (AvgIpc) is 2.90. The highest BCUT2D eigenvalue weighted by atomic mass is 16.2. The molecule has 0 saturated carbocycles. The summed E-state index contributed by atoms with van der Waals surface area (Å²) in [5, 5.41) is 2.85. The number of benzene rings is 1. The second-order valence-corrected chi connectivity index (χ2v) is 4.53. The van der Waals surface area contributed by atoms with Gasteiger partial charge in [0, 0.05) is 24.9 Å². The molecule has 19 heavy (non-hydrogen) atoms. The Balaban J connectivity index is 1.86. The molecule has 100 valence electrons. The third kappa shape index (κ3) is 3.66. The number of hydrogen-bond acceptors (Lipinski definition) is 3. The molecule has 5 nitrogen and oxygen atoms in total. The number of rotatable bonds is 5. The van der Waals surface area contributed by atoms with Crippen LogP contribution in [0.5, 0.6) is 0 Å². The molecule has 1 aromatic carbocycles.